The maximum atomic E-state index is 12.7. The number of nitrogens with zero attached hydrogens (tertiary/aromatic N) is 1. The number of hydrogen-bond acceptors (Lipinski definition) is 5. The van der Waals surface area contributed by atoms with Gasteiger partial charge in [-0.2, -0.15) is 0 Å². The van der Waals surface area contributed by atoms with Gasteiger partial charge in [0.2, 0.25) is 0 Å². The molecule has 5 nitrogen and oxygen atoms in total. The van der Waals surface area contributed by atoms with Gasteiger partial charge in [0.15, 0.2) is 5.69 Å². The van der Waals surface area contributed by atoms with Gasteiger partial charge in [-0.25, -0.2) is 9.78 Å². The first-order valence-electron chi connectivity index (χ1n) is 10.9. The van der Waals surface area contributed by atoms with E-state index < -0.39 is 5.97 Å². The highest BCUT2D eigenvalue weighted by Crippen LogP contribution is 2.33. The Morgan fingerprint density at radius 2 is 1.86 bits per heavy atom. The second-order valence-electron chi connectivity index (χ2n) is 7.80. The molecule has 4 aromatic rings. The minimum Gasteiger partial charge on any atom is -0.461 e. The number of thiazole rings is 1. The Labute approximate surface area is 221 Å². The van der Waals surface area contributed by atoms with Gasteiger partial charge in [0.1, 0.15) is 0 Å². The summed E-state index contributed by atoms with van der Waals surface area (Å²) in [6, 6.07) is 20.3. The van der Waals surface area contributed by atoms with Gasteiger partial charge in [0.25, 0.3) is 5.91 Å². The third kappa shape index (κ3) is 6.17. The summed E-state index contributed by atoms with van der Waals surface area (Å²) in [6.07, 6.45) is 0.511. The zero-order valence-electron chi connectivity index (χ0n) is 19.1. The van der Waals surface area contributed by atoms with Crippen LogP contribution in [0.25, 0.3) is 10.4 Å². The van der Waals surface area contributed by atoms with E-state index in [9.17, 15) is 9.59 Å². The quantitative estimate of drug-likeness (QED) is 0.233. The van der Waals surface area contributed by atoms with Crippen LogP contribution in [0.1, 0.15) is 43.9 Å². The lowest BCUT2D eigenvalue weighted by atomic mass is 10.0. The Kier molecular flexibility index (Phi) is 8.00. The van der Waals surface area contributed by atoms with E-state index in [1.165, 1.54) is 11.3 Å². The van der Waals surface area contributed by atoms with Crippen molar-refractivity contribution >= 4 is 56.4 Å². The van der Waals surface area contributed by atoms with Crippen molar-refractivity contribution in [1.82, 2.24) is 4.98 Å². The smallest absolute Gasteiger partial charge is 0.358 e. The topological polar surface area (TPSA) is 68.3 Å². The van der Waals surface area contributed by atoms with Crippen LogP contribution in [0.2, 0.25) is 5.02 Å². The Hall–Kier alpha value is -3.00. The molecule has 0 bridgehead atoms. The fourth-order valence-corrected chi connectivity index (χ4v) is 5.12. The van der Waals surface area contributed by atoms with Crippen LogP contribution in [-0.2, 0) is 11.2 Å². The maximum absolute atomic E-state index is 12.7. The van der Waals surface area contributed by atoms with Crippen molar-refractivity contribution in [3.63, 3.8) is 0 Å². The number of carbonyl (C=O) groups is 2. The highest BCUT2D eigenvalue weighted by atomic mass is 79.9. The molecule has 35 heavy (non-hydrogen) atoms. The number of esters is 1. The van der Waals surface area contributed by atoms with Crippen molar-refractivity contribution < 1.29 is 14.3 Å². The molecule has 0 unspecified atom stereocenters. The molecule has 3 aromatic carbocycles. The van der Waals surface area contributed by atoms with E-state index in [2.05, 4.69) is 26.2 Å². The lowest BCUT2D eigenvalue weighted by molar-refractivity contribution is 0.0521. The molecule has 0 radical (unpaired) electrons. The summed E-state index contributed by atoms with van der Waals surface area (Å²) in [5.41, 5.74) is 4.47. The van der Waals surface area contributed by atoms with E-state index in [-0.39, 0.29) is 12.5 Å². The molecular formula is C27H22BrClN2O3S. The number of benzene rings is 3. The molecule has 0 fully saturated rings. The molecule has 1 N–H and O–H groups in total. The van der Waals surface area contributed by atoms with Crippen LogP contribution < -0.4 is 5.32 Å². The lowest BCUT2D eigenvalue weighted by Crippen LogP contribution is -2.12. The fourth-order valence-electron chi connectivity index (χ4n) is 3.51. The molecule has 4 rings (SSSR count). The van der Waals surface area contributed by atoms with Crippen molar-refractivity contribution in [3.8, 4) is 10.4 Å². The molecule has 0 aliphatic heterocycles. The van der Waals surface area contributed by atoms with Crippen molar-refractivity contribution in [1.29, 1.82) is 0 Å². The number of rotatable bonds is 7. The molecule has 0 spiro atoms. The predicted molar refractivity (Wildman–Crippen MR) is 145 cm³/mol. The highest BCUT2D eigenvalue weighted by Gasteiger charge is 2.21. The normalized spacial score (nSPS) is 10.7. The van der Waals surface area contributed by atoms with Crippen LogP contribution >= 0.6 is 38.9 Å². The Balaban J connectivity index is 1.62. The van der Waals surface area contributed by atoms with Gasteiger partial charge >= 0.3 is 5.97 Å². The summed E-state index contributed by atoms with van der Waals surface area (Å²) in [5, 5.41) is 4.35. The van der Waals surface area contributed by atoms with Crippen LogP contribution in [0.15, 0.2) is 71.2 Å². The average molecular weight is 570 g/mol. The standard InChI is InChI=1S/C27H22BrClN2O3S/c1-3-34-27(33)24-25(17-8-10-21(29)11-9-17)35-23(31-24)15-19-14-22(12-7-16(19)2)30-26(32)18-5-4-6-20(28)13-18/h4-14H,3,15H2,1-2H3,(H,30,32). The first-order chi connectivity index (χ1) is 16.8. The number of carbonyl (C=O) groups excluding carboxylic acids is 2. The van der Waals surface area contributed by atoms with Crippen LogP contribution in [0, 0.1) is 6.92 Å². The van der Waals surface area contributed by atoms with Crippen molar-refractivity contribution in [2.45, 2.75) is 20.3 Å². The molecule has 0 aliphatic rings. The largest absolute Gasteiger partial charge is 0.461 e. The predicted octanol–water partition coefficient (Wildman–Crippen LogP) is 7.55. The molecule has 1 aromatic heterocycles. The van der Waals surface area contributed by atoms with Gasteiger partial charge in [-0.05, 0) is 73.0 Å². The van der Waals surface area contributed by atoms with Crippen LogP contribution in [0.5, 0.6) is 0 Å². The Bertz CT molecular complexity index is 1390. The van der Waals surface area contributed by atoms with Crippen molar-refractivity contribution in [3.05, 3.63) is 104 Å². The number of aromatic nitrogens is 1. The van der Waals surface area contributed by atoms with Gasteiger partial charge in [-0.1, -0.05) is 51.8 Å². The van der Waals surface area contributed by atoms with E-state index in [4.69, 9.17) is 16.3 Å². The van der Waals surface area contributed by atoms with E-state index in [1.54, 1.807) is 31.2 Å². The van der Waals surface area contributed by atoms with Gasteiger partial charge in [0, 0.05) is 27.2 Å². The third-order valence-corrected chi connectivity index (χ3v) is 7.13. The fraction of sp³-hybridized carbons (Fsp3) is 0.148. The van der Waals surface area contributed by atoms with Gasteiger partial charge < -0.3 is 10.1 Å². The summed E-state index contributed by atoms with van der Waals surface area (Å²) in [4.78, 5) is 30.7. The summed E-state index contributed by atoms with van der Waals surface area (Å²) >= 11 is 10.9. The van der Waals surface area contributed by atoms with E-state index >= 15 is 0 Å². The number of hydrogen-bond donors (Lipinski definition) is 1. The first kappa shape index (κ1) is 25.1. The number of ether oxygens (including phenoxy) is 1. The average Bonchev–Trinajstić information content (AvgIpc) is 3.26. The Morgan fingerprint density at radius 1 is 1.09 bits per heavy atom. The minimum absolute atomic E-state index is 0.190. The van der Waals surface area contributed by atoms with Crippen LogP contribution in [0.3, 0.4) is 0 Å². The van der Waals surface area contributed by atoms with Gasteiger partial charge in [0.05, 0.1) is 16.5 Å². The Morgan fingerprint density at radius 3 is 2.57 bits per heavy atom. The molecule has 0 saturated heterocycles. The van der Waals surface area contributed by atoms with Gasteiger partial charge in [-0.15, -0.1) is 11.3 Å². The van der Waals surface area contributed by atoms with Gasteiger partial charge in [-0.3, -0.25) is 4.79 Å². The number of aryl methyl sites for hydroxylation is 1. The summed E-state index contributed by atoms with van der Waals surface area (Å²) in [7, 11) is 0. The lowest BCUT2D eigenvalue weighted by Gasteiger charge is -2.10. The second-order valence-corrected chi connectivity index (χ2v) is 10.2. The second kappa shape index (κ2) is 11.2. The molecular weight excluding hydrogens is 548 g/mol. The zero-order chi connectivity index (χ0) is 24.9. The number of anilines is 1. The number of amides is 1. The molecule has 0 aliphatic carbocycles. The molecule has 8 heteroatoms. The minimum atomic E-state index is -0.452. The monoisotopic (exact) mass is 568 g/mol. The molecule has 178 valence electrons. The van der Waals surface area contributed by atoms with E-state index in [0.717, 1.165) is 31.0 Å². The van der Waals surface area contributed by atoms with Crippen LogP contribution in [0.4, 0.5) is 5.69 Å². The maximum Gasteiger partial charge on any atom is 0.358 e. The number of nitrogens with one attached hydrogen (secondary N) is 1. The third-order valence-electron chi connectivity index (χ3n) is 5.28. The summed E-state index contributed by atoms with van der Waals surface area (Å²) in [6.45, 7) is 4.05. The summed E-state index contributed by atoms with van der Waals surface area (Å²) in [5.74, 6) is -0.642. The van der Waals surface area contributed by atoms with Crippen LogP contribution in [-0.4, -0.2) is 23.5 Å². The molecule has 0 atom stereocenters. The highest BCUT2D eigenvalue weighted by molar-refractivity contribution is 9.10. The SMILES string of the molecule is CCOC(=O)c1nc(Cc2cc(NC(=O)c3cccc(Br)c3)ccc2C)sc1-c1ccc(Cl)cc1. The van der Waals surface area contributed by atoms with Crippen molar-refractivity contribution in [2.75, 3.05) is 11.9 Å². The first-order valence-corrected chi connectivity index (χ1v) is 12.9. The van der Waals surface area contributed by atoms with Crippen molar-refractivity contribution in [2.24, 2.45) is 0 Å². The molecule has 1 heterocycles. The summed E-state index contributed by atoms with van der Waals surface area (Å²) < 4.78 is 6.08. The molecule has 0 saturated carbocycles. The number of halogens is 2. The van der Waals surface area contributed by atoms with E-state index in [1.807, 2.05) is 49.4 Å². The molecule has 1 amide bonds. The van der Waals surface area contributed by atoms with E-state index in [0.29, 0.717) is 28.4 Å². The zero-order valence-corrected chi connectivity index (χ0v) is 22.3.